The van der Waals surface area contributed by atoms with Gasteiger partial charge < -0.3 is 10.4 Å². The molecule has 1 saturated heterocycles. The number of aromatic nitrogens is 1. The molecule has 1 fully saturated rings. The first kappa shape index (κ1) is 14.0. The number of nitrogens with one attached hydrogen (secondary N) is 1. The zero-order valence-electron chi connectivity index (χ0n) is 11.5. The smallest absolute Gasteiger partial charge is 0.304 e. The molecule has 1 atom stereocenters. The molecular formula is C14H21N3O2. The van der Waals surface area contributed by atoms with Crippen molar-refractivity contribution < 1.29 is 9.90 Å². The van der Waals surface area contributed by atoms with Gasteiger partial charge in [0, 0.05) is 43.6 Å². The highest BCUT2D eigenvalue weighted by molar-refractivity contribution is 5.67. The van der Waals surface area contributed by atoms with E-state index in [4.69, 9.17) is 5.11 Å². The molecule has 5 heteroatoms. The maximum absolute atomic E-state index is 10.8. The average molecular weight is 263 g/mol. The van der Waals surface area contributed by atoms with Crippen LogP contribution < -0.4 is 5.32 Å². The summed E-state index contributed by atoms with van der Waals surface area (Å²) in [4.78, 5) is 17.2. The normalized spacial score (nSPS) is 23.2. The molecule has 2 heterocycles. The van der Waals surface area contributed by atoms with Crippen LogP contribution in [0.4, 0.5) is 0 Å². The van der Waals surface area contributed by atoms with Crippen LogP contribution in [0.1, 0.15) is 25.8 Å². The Balaban J connectivity index is 2.04. The molecule has 104 valence electrons. The van der Waals surface area contributed by atoms with Gasteiger partial charge in [0.2, 0.25) is 0 Å². The number of piperazine rings is 1. The van der Waals surface area contributed by atoms with E-state index in [0.717, 1.165) is 19.6 Å². The molecule has 1 aromatic heterocycles. The lowest BCUT2D eigenvalue weighted by atomic mass is 9.95. The van der Waals surface area contributed by atoms with E-state index in [1.807, 2.05) is 12.1 Å². The van der Waals surface area contributed by atoms with Gasteiger partial charge in [0.25, 0.3) is 0 Å². The topological polar surface area (TPSA) is 65.5 Å². The molecule has 0 saturated carbocycles. The van der Waals surface area contributed by atoms with Gasteiger partial charge in [-0.15, -0.1) is 0 Å². The number of rotatable bonds is 4. The number of carboxylic acids is 1. The quantitative estimate of drug-likeness (QED) is 0.852. The van der Waals surface area contributed by atoms with Crippen molar-refractivity contribution >= 4 is 5.97 Å². The fourth-order valence-corrected chi connectivity index (χ4v) is 2.42. The lowest BCUT2D eigenvalue weighted by molar-refractivity contribution is -0.138. The zero-order chi connectivity index (χ0) is 13.9. The van der Waals surface area contributed by atoms with Crippen LogP contribution in [0.5, 0.6) is 0 Å². The molecule has 0 radical (unpaired) electrons. The standard InChI is InChI=1S/C14H21N3O2/c1-14(2)10-16-12(7-13(18)19)9-17(14)8-11-3-5-15-6-4-11/h3-6,12,16H,7-10H2,1-2H3,(H,18,19). The van der Waals surface area contributed by atoms with Gasteiger partial charge in [0.05, 0.1) is 6.42 Å². The van der Waals surface area contributed by atoms with Gasteiger partial charge in [0.15, 0.2) is 0 Å². The van der Waals surface area contributed by atoms with Crippen LogP contribution in [0.15, 0.2) is 24.5 Å². The monoisotopic (exact) mass is 263 g/mol. The highest BCUT2D eigenvalue weighted by Crippen LogP contribution is 2.22. The van der Waals surface area contributed by atoms with Crippen molar-refractivity contribution in [2.75, 3.05) is 13.1 Å². The molecule has 5 nitrogen and oxygen atoms in total. The first-order valence-electron chi connectivity index (χ1n) is 6.56. The first-order valence-corrected chi connectivity index (χ1v) is 6.56. The number of hydrogen-bond donors (Lipinski definition) is 2. The van der Waals surface area contributed by atoms with E-state index in [0.29, 0.717) is 0 Å². The summed E-state index contributed by atoms with van der Waals surface area (Å²) >= 11 is 0. The number of carboxylic acid groups (broad SMARTS) is 1. The maximum Gasteiger partial charge on any atom is 0.304 e. The van der Waals surface area contributed by atoms with Crippen LogP contribution in [0.3, 0.4) is 0 Å². The zero-order valence-corrected chi connectivity index (χ0v) is 11.5. The minimum atomic E-state index is -0.749. The molecule has 1 unspecified atom stereocenters. The fraction of sp³-hybridized carbons (Fsp3) is 0.571. The summed E-state index contributed by atoms with van der Waals surface area (Å²) in [6.07, 6.45) is 3.75. The van der Waals surface area contributed by atoms with E-state index in [9.17, 15) is 4.79 Å². The summed E-state index contributed by atoms with van der Waals surface area (Å²) in [5.41, 5.74) is 1.23. The van der Waals surface area contributed by atoms with Gasteiger partial charge in [-0.25, -0.2) is 0 Å². The summed E-state index contributed by atoms with van der Waals surface area (Å²) in [6.45, 7) is 6.74. The van der Waals surface area contributed by atoms with E-state index in [-0.39, 0.29) is 18.0 Å². The third-order valence-corrected chi connectivity index (χ3v) is 3.66. The summed E-state index contributed by atoms with van der Waals surface area (Å²) < 4.78 is 0. The molecule has 0 amide bonds. The van der Waals surface area contributed by atoms with Gasteiger partial charge in [-0.1, -0.05) is 0 Å². The van der Waals surface area contributed by atoms with Crippen molar-refractivity contribution in [3.05, 3.63) is 30.1 Å². The van der Waals surface area contributed by atoms with E-state index in [1.165, 1.54) is 5.56 Å². The number of pyridine rings is 1. The highest BCUT2D eigenvalue weighted by Gasteiger charge is 2.34. The van der Waals surface area contributed by atoms with Crippen LogP contribution in [0.2, 0.25) is 0 Å². The molecule has 2 rings (SSSR count). The van der Waals surface area contributed by atoms with Gasteiger partial charge in [0.1, 0.15) is 0 Å². The van der Waals surface area contributed by atoms with Crippen LogP contribution in [-0.2, 0) is 11.3 Å². The minimum absolute atomic E-state index is 0.0207. The summed E-state index contributed by atoms with van der Waals surface area (Å²) in [6, 6.07) is 4.03. The van der Waals surface area contributed by atoms with Crippen molar-refractivity contribution in [1.29, 1.82) is 0 Å². The Morgan fingerprint density at radius 2 is 2.21 bits per heavy atom. The van der Waals surface area contributed by atoms with Crippen LogP contribution in [-0.4, -0.2) is 45.6 Å². The maximum atomic E-state index is 10.8. The number of aliphatic carboxylic acids is 1. The highest BCUT2D eigenvalue weighted by atomic mass is 16.4. The second kappa shape index (κ2) is 5.67. The van der Waals surface area contributed by atoms with Crippen molar-refractivity contribution in [1.82, 2.24) is 15.2 Å². The van der Waals surface area contributed by atoms with Gasteiger partial charge in [-0.05, 0) is 31.5 Å². The molecule has 19 heavy (non-hydrogen) atoms. The third kappa shape index (κ3) is 3.75. The molecule has 1 aliphatic rings. The molecule has 1 aromatic rings. The van der Waals surface area contributed by atoms with Crippen molar-refractivity contribution in [3.63, 3.8) is 0 Å². The molecule has 0 spiro atoms. The average Bonchev–Trinajstić information content (AvgIpc) is 2.34. The van der Waals surface area contributed by atoms with Crippen LogP contribution >= 0.6 is 0 Å². The lowest BCUT2D eigenvalue weighted by Gasteiger charge is -2.46. The Morgan fingerprint density at radius 1 is 1.53 bits per heavy atom. The van der Waals surface area contributed by atoms with Crippen LogP contribution in [0, 0.1) is 0 Å². The van der Waals surface area contributed by atoms with E-state index in [2.05, 4.69) is 29.0 Å². The van der Waals surface area contributed by atoms with E-state index >= 15 is 0 Å². The fourth-order valence-electron chi connectivity index (χ4n) is 2.42. The SMILES string of the molecule is CC1(C)CNC(CC(=O)O)CN1Cc1ccncc1. The summed E-state index contributed by atoms with van der Waals surface area (Å²) in [7, 11) is 0. The van der Waals surface area contributed by atoms with Crippen LogP contribution in [0.25, 0.3) is 0 Å². The second-order valence-electron chi connectivity index (χ2n) is 5.72. The summed E-state index contributed by atoms with van der Waals surface area (Å²) in [5, 5.41) is 12.2. The number of nitrogens with zero attached hydrogens (tertiary/aromatic N) is 2. The van der Waals surface area contributed by atoms with Crippen molar-refractivity contribution in [3.8, 4) is 0 Å². The van der Waals surface area contributed by atoms with Gasteiger partial charge in [-0.3, -0.25) is 14.7 Å². The third-order valence-electron chi connectivity index (χ3n) is 3.66. The van der Waals surface area contributed by atoms with E-state index < -0.39 is 5.97 Å². The Morgan fingerprint density at radius 3 is 2.84 bits per heavy atom. The summed E-state index contributed by atoms with van der Waals surface area (Å²) in [5.74, 6) is -0.749. The molecule has 1 aliphatic heterocycles. The molecule has 2 N–H and O–H groups in total. The lowest BCUT2D eigenvalue weighted by Crippen LogP contribution is -2.61. The van der Waals surface area contributed by atoms with Gasteiger partial charge in [-0.2, -0.15) is 0 Å². The van der Waals surface area contributed by atoms with E-state index in [1.54, 1.807) is 12.4 Å². The van der Waals surface area contributed by atoms with Gasteiger partial charge >= 0.3 is 5.97 Å². The predicted octanol–water partition coefficient (Wildman–Crippen LogP) is 1.11. The second-order valence-corrected chi connectivity index (χ2v) is 5.72. The van der Waals surface area contributed by atoms with Crippen molar-refractivity contribution in [2.45, 2.75) is 38.4 Å². The first-order chi connectivity index (χ1) is 8.97. The molecule has 0 aromatic carbocycles. The minimum Gasteiger partial charge on any atom is -0.481 e. The molecule has 0 aliphatic carbocycles. The molecular weight excluding hydrogens is 242 g/mol. The largest absolute Gasteiger partial charge is 0.481 e. The number of hydrogen-bond acceptors (Lipinski definition) is 4. The Kier molecular flexibility index (Phi) is 4.17. The Labute approximate surface area is 113 Å². The predicted molar refractivity (Wildman–Crippen MR) is 72.8 cm³/mol. The van der Waals surface area contributed by atoms with Crippen molar-refractivity contribution in [2.24, 2.45) is 0 Å². The Hall–Kier alpha value is -1.46. The Bertz CT molecular complexity index is 434. The number of carbonyl (C=O) groups is 1. The molecule has 0 bridgehead atoms.